The van der Waals surface area contributed by atoms with E-state index >= 15 is 0 Å². The first-order valence-corrected chi connectivity index (χ1v) is 13.5. The van der Waals surface area contributed by atoms with Gasteiger partial charge < -0.3 is 4.90 Å². The first kappa shape index (κ1) is 28.7. The van der Waals surface area contributed by atoms with Crippen LogP contribution < -0.4 is 15.3 Å². The second-order valence-corrected chi connectivity index (χ2v) is 10.6. The average molecular weight is 591 g/mol. The van der Waals surface area contributed by atoms with Gasteiger partial charge in [0.2, 0.25) is 0 Å². The lowest BCUT2D eigenvalue weighted by Gasteiger charge is -2.35. The van der Waals surface area contributed by atoms with Crippen LogP contribution in [0.15, 0.2) is 81.9 Å². The predicted molar refractivity (Wildman–Crippen MR) is 150 cm³/mol. The van der Waals surface area contributed by atoms with Gasteiger partial charge in [-0.2, -0.15) is 32.5 Å². The average Bonchev–Trinajstić information content (AvgIpc) is 3.40. The molecule has 1 unspecified atom stereocenters. The zero-order chi connectivity index (χ0) is 29.4. The van der Waals surface area contributed by atoms with E-state index in [0.717, 1.165) is 46.6 Å². The second kappa shape index (κ2) is 11.2. The van der Waals surface area contributed by atoms with Crippen molar-refractivity contribution in [2.45, 2.75) is 38.0 Å². The molecule has 5 rings (SSSR count). The summed E-state index contributed by atoms with van der Waals surface area (Å²) in [7, 11) is 0. The summed E-state index contributed by atoms with van der Waals surface area (Å²) in [5.74, 6) is -4.37. The number of nitrogens with zero attached hydrogens (tertiary/aromatic N) is 5. The van der Waals surface area contributed by atoms with Crippen molar-refractivity contribution in [1.82, 2.24) is 5.43 Å². The number of amidine groups is 1. The molecule has 0 aliphatic carbocycles. The van der Waals surface area contributed by atoms with E-state index in [4.69, 9.17) is 0 Å². The molecule has 0 amide bonds. The Hall–Kier alpha value is -3.84. The summed E-state index contributed by atoms with van der Waals surface area (Å²) in [5, 5.41) is 10.6. The lowest BCUT2D eigenvalue weighted by Crippen LogP contribution is -2.39. The molecule has 3 aromatic carbocycles. The Kier molecular flexibility index (Phi) is 7.84. The van der Waals surface area contributed by atoms with Crippen LogP contribution in [0.5, 0.6) is 0 Å². The number of aliphatic imine (C=N–C) groups is 1. The fraction of sp³-hybridized carbons (Fsp3) is 0.250. The maximum absolute atomic E-state index is 13.9. The summed E-state index contributed by atoms with van der Waals surface area (Å²) in [5.41, 5.74) is 5.65. The molecule has 6 nitrogen and oxygen atoms in total. The molecule has 3 aromatic rings. The third-order valence-corrected chi connectivity index (χ3v) is 7.47. The van der Waals surface area contributed by atoms with Crippen LogP contribution >= 0.6 is 11.8 Å². The first-order valence-electron chi connectivity index (χ1n) is 12.5. The highest BCUT2D eigenvalue weighted by molar-refractivity contribution is 8.16. The number of hydrazine groups is 1. The number of hydrogen-bond donors (Lipinski definition) is 1. The summed E-state index contributed by atoms with van der Waals surface area (Å²) in [4.78, 5) is 6.27. The fourth-order valence-electron chi connectivity index (χ4n) is 4.22. The number of rotatable bonds is 7. The minimum absolute atomic E-state index is 0.224. The van der Waals surface area contributed by atoms with Crippen LogP contribution in [0.4, 0.5) is 37.7 Å². The van der Waals surface area contributed by atoms with Gasteiger partial charge in [-0.1, -0.05) is 68.1 Å². The summed E-state index contributed by atoms with van der Waals surface area (Å²) in [6, 6.07) is 15.9. The Morgan fingerprint density at radius 3 is 2.32 bits per heavy atom. The quantitative estimate of drug-likeness (QED) is 0.175. The van der Waals surface area contributed by atoms with Crippen molar-refractivity contribution in [3.63, 3.8) is 0 Å². The van der Waals surface area contributed by atoms with E-state index in [1.54, 1.807) is 12.3 Å². The van der Waals surface area contributed by atoms with E-state index in [0.29, 0.717) is 16.7 Å². The number of thioether (sulfide) groups is 1. The zero-order valence-electron chi connectivity index (χ0n) is 21.8. The molecule has 2 aliphatic rings. The predicted octanol–water partition coefficient (Wildman–Crippen LogP) is 7.56. The van der Waals surface area contributed by atoms with Crippen molar-refractivity contribution in [2.75, 3.05) is 15.8 Å². The summed E-state index contributed by atoms with van der Waals surface area (Å²) in [6.07, 6.45) is -3.14. The third kappa shape index (κ3) is 5.96. The molecule has 2 aliphatic heterocycles. The van der Waals surface area contributed by atoms with Crippen LogP contribution in [-0.2, 0) is 5.92 Å². The second-order valence-electron chi connectivity index (χ2n) is 9.64. The molecule has 214 valence electrons. The monoisotopic (exact) mass is 590 g/mol. The van der Waals surface area contributed by atoms with Crippen molar-refractivity contribution in [3.8, 4) is 0 Å². The lowest BCUT2D eigenvalue weighted by molar-refractivity contribution is -0.289. The zero-order valence-corrected chi connectivity index (χ0v) is 22.6. The molecule has 0 spiro atoms. The molecule has 0 aromatic heterocycles. The van der Waals surface area contributed by atoms with Crippen LogP contribution in [0, 0.1) is 5.82 Å². The van der Waals surface area contributed by atoms with Gasteiger partial charge in [-0.25, -0.2) is 9.38 Å². The minimum atomic E-state index is -5.67. The van der Waals surface area contributed by atoms with Gasteiger partial charge in [-0.05, 0) is 46.9 Å². The molecule has 0 radical (unpaired) electrons. The van der Waals surface area contributed by atoms with E-state index in [1.807, 2.05) is 29.2 Å². The highest BCUT2D eigenvalue weighted by Crippen LogP contribution is 2.44. The van der Waals surface area contributed by atoms with Crippen LogP contribution in [0.25, 0.3) is 0 Å². The molecule has 1 fully saturated rings. The molecule has 0 bridgehead atoms. The maximum Gasteiger partial charge on any atom is 0.458 e. The topological polar surface area (TPSA) is 55.6 Å². The molecule has 1 saturated heterocycles. The number of nitrogens with one attached hydrogen (secondary N) is 1. The highest BCUT2D eigenvalue weighted by atomic mass is 32.2. The number of anilines is 2. The molecule has 13 heteroatoms. The van der Waals surface area contributed by atoms with Gasteiger partial charge >= 0.3 is 12.1 Å². The van der Waals surface area contributed by atoms with Crippen molar-refractivity contribution in [2.24, 2.45) is 15.2 Å². The molecule has 41 heavy (non-hydrogen) atoms. The molecular weight excluding hydrogens is 566 g/mol. The van der Waals surface area contributed by atoms with Gasteiger partial charge in [0, 0.05) is 5.56 Å². The standard InChI is InChI=1S/C28H24F6N6S/c1-17(2)23-12-9-21(29)13-24(23)39-16-41-26(39)37-36-14-18-3-5-19(6-4-18)25-35-15-40(38-25)22-10-7-20(8-11-22)27(30,31)28(32,33)34/h3-15,17,25,38H,16H2,1-2H3/b36-14+,37-26-. The normalized spacial score (nSPS) is 18.7. The Balaban J connectivity index is 1.20. The fourth-order valence-corrected chi connectivity index (χ4v) is 4.93. The Morgan fingerprint density at radius 1 is 1.00 bits per heavy atom. The number of alkyl halides is 5. The van der Waals surface area contributed by atoms with Crippen molar-refractivity contribution < 1.29 is 26.3 Å². The van der Waals surface area contributed by atoms with Crippen molar-refractivity contribution in [3.05, 3.63) is 94.8 Å². The van der Waals surface area contributed by atoms with Crippen LogP contribution in [0.1, 0.15) is 48.2 Å². The molecular formula is C28H24F6N6S. The summed E-state index contributed by atoms with van der Waals surface area (Å²) in [6.45, 7) is 4.10. The van der Waals surface area contributed by atoms with Crippen LogP contribution in [0.3, 0.4) is 0 Å². The summed E-state index contributed by atoms with van der Waals surface area (Å²) >= 11 is 1.51. The molecule has 1 atom stereocenters. The Morgan fingerprint density at radius 2 is 1.71 bits per heavy atom. The van der Waals surface area contributed by atoms with E-state index in [1.165, 1.54) is 35.2 Å². The molecule has 1 N–H and O–H groups in total. The maximum atomic E-state index is 13.9. The smallest absolute Gasteiger partial charge is 0.309 e. The van der Waals surface area contributed by atoms with Crippen molar-refractivity contribution >= 4 is 40.9 Å². The van der Waals surface area contributed by atoms with Gasteiger partial charge in [0.05, 0.1) is 23.5 Å². The van der Waals surface area contributed by atoms with Crippen LogP contribution in [-0.4, -0.2) is 29.8 Å². The van der Waals surface area contributed by atoms with Crippen molar-refractivity contribution in [1.29, 1.82) is 0 Å². The number of halogens is 6. The third-order valence-electron chi connectivity index (χ3n) is 6.52. The molecule has 0 saturated carbocycles. The number of hydrogen-bond acceptors (Lipinski definition) is 6. The highest BCUT2D eigenvalue weighted by Gasteiger charge is 2.58. The van der Waals surface area contributed by atoms with Gasteiger partial charge in [0.15, 0.2) is 5.17 Å². The summed E-state index contributed by atoms with van der Waals surface area (Å²) < 4.78 is 78.9. The van der Waals surface area contributed by atoms with E-state index in [-0.39, 0.29) is 11.7 Å². The minimum Gasteiger partial charge on any atom is -0.309 e. The van der Waals surface area contributed by atoms with Gasteiger partial charge in [-0.15, -0.1) is 5.10 Å². The Bertz CT molecular complexity index is 1490. The lowest BCUT2D eigenvalue weighted by atomic mass is 10.0. The first-order chi connectivity index (χ1) is 19.4. The van der Waals surface area contributed by atoms with Gasteiger partial charge in [0.25, 0.3) is 0 Å². The SMILES string of the molecule is CC(C)c1ccc(F)cc1N1CS/C1=N\N=C\c1ccc(C2N=CN(c3ccc(C(F)(F)C(F)(F)F)cc3)N2)cc1. The van der Waals surface area contributed by atoms with Crippen LogP contribution in [0.2, 0.25) is 0 Å². The van der Waals surface area contributed by atoms with E-state index < -0.39 is 23.8 Å². The van der Waals surface area contributed by atoms with Gasteiger partial charge in [0.1, 0.15) is 18.3 Å². The van der Waals surface area contributed by atoms with E-state index in [2.05, 4.69) is 34.5 Å². The van der Waals surface area contributed by atoms with E-state index in [9.17, 15) is 26.3 Å². The largest absolute Gasteiger partial charge is 0.458 e. The number of benzene rings is 3. The van der Waals surface area contributed by atoms with Gasteiger partial charge in [-0.3, -0.25) is 5.01 Å². The molecule has 2 heterocycles. The Labute approximate surface area is 236 Å².